The number of carbonyl (C=O) groups is 4. The van der Waals surface area contributed by atoms with Crippen LogP contribution < -0.4 is 25.4 Å². The molecular weight excluding hydrogens is 602 g/mol. The Balaban J connectivity index is 1.64. The molecule has 15 heteroatoms. The number of aliphatic hydroxyl groups is 3. The number of nitroso groups, excluding NO2 is 1. The number of ketones is 2. The Hall–Kier alpha value is -5.28. The van der Waals surface area contributed by atoms with Crippen molar-refractivity contribution in [3.05, 3.63) is 63.3 Å². The number of benzene rings is 2. The maximum Gasteiger partial charge on any atom is 0.417 e. The number of ether oxygens (including phenoxy) is 2. The third-order valence-electron chi connectivity index (χ3n) is 8.78. The van der Waals surface area contributed by atoms with Crippen LogP contribution in [-0.2, 0) is 20.8 Å². The van der Waals surface area contributed by atoms with Crippen molar-refractivity contribution in [2.45, 2.75) is 24.5 Å². The van der Waals surface area contributed by atoms with E-state index in [2.05, 4.69) is 10.5 Å². The third-order valence-corrected chi connectivity index (χ3v) is 8.78. The second kappa shape index (κ2) is 11.6. The Kier molecular flexibility index (Phi) is 8.08. The number of Topliss-reactive ketones (excluding diaryl/α,β-unsaturated/α-hetero) is 2. The smallest absolute Gasteiger partial charge is 0.417 e. The highest BCUT2D eigenvalue weighted by Crippen LogP contribution is 2.54. The zero-order valence-electron chi connectivity index (χ0n) is 25.7. The first-order valence-corrected chi connectivity index (χ1v) is 14.1. The van der Waals surface area contributed by atoms with Crippen molar-refractivity contribution >= 4 is 46.4 Å². The molecule has 2 aromatic carbocycles. The van der Waals surface area contributed by atoms with Gasteiger partial charge in [0.1, 0.15) is 34.3 Å². The highest BCUT2D eigenvalue weighted by molar-refractivity contribution is 6.24. The molecule has 0 unspecified atom stereocenters. The van der Waals surface area contributed by atoms with Crippen LogP contribution in [0.15, 0.2) is 52.4 Å². The number of hydrogen-bond acceptors (Lipinski definition) is 13. The molecule has 0 heterocycles. The monoisotopic (exact) mass is 635 g/mol. The van der Waals surface area contributed by atoms with Gasteiger partial charge in [0.25, 0.3) is 5.91 Å². The molecule has 5 rings (SSSR count). The standard InChI is InChI=1S/C31H33N5O10/c1-35(2)19-12-18(33-30(42)46-15-8-6-14(45-5)7-9-15)23(34-44)21-16(19)10-13-11-17-24(36(3)4)26(38)22(29(32)41)28(40)31(17,43)27(39)20(13)25(21)37/h6-9,12-13,17,24,37,40,43H,10-11H2,1-5H3,(H2,32,41)(H,33,42)/t13-,17-,24+,31-/m0/s1. The Morgan fingerprint density at radius 2 is 1.72 bits per heavy atom. The summed E-state index contributed by atoms with van der Waals surface area (Å²) in [6, 6.07) is 6.41. The SMILES string of the molecule is COc1ccc(OC(=O)Nc2cc(N(C)C)c3c(c2N=O)C(O)=C2C(=O)[C@]4(O)C(O)=C(C(N)=O)C(=O)[C@H](N(C)C)[C@@H]4C[C@@H]2C3)cc1. The van der Waals surface area contributed by atoms with Crippen LogP contribution in [0.3, 0.4) is 0 Å². The number of likely N-dealkylation sites (N-methyl/N-ethyl adjacent to an activating group) is 1. The van der Waals surface area contributed by atoms with Crippen LogP contribution in [0.5, 0.6) is 11.5 Å². The lowest BCUT2D eigenvalue weighted by molar-refractivity contribution is -0.153. The van der Waals surface area contributed by atoms with Crippen LogP contribution in [-0.4, -0.2) is 90.7 Å². The normalized spacial score (nSPS) is 23.8. The van der Waals surface area contributed by atoms with Gasteiger partial charge in [-0.2, -0.15) is 0 Å². The number of rotatable bonds is 7. The van der Waals surface area contributed by atoms with Crippen molar-refractivity contribution < 1.29 is 44.0 Å². The van der Waals surface area contributed by atoms with E-state index in [9.17, 15) is 39.4 Å². The number of nitrogens with one attached hydrogen (secondary N) is 1. The molecule has 1 fully saturated rings. The summed E-state index contributed by atoms with van der Waals surface area (Å²) in [6.07, 6.45) is -1.00. The largest absolute Gasteiger partial charge is 0.508 e. The number of aliphatic hydroxyl groups excluding tert-OH is 2. The number of fused-ring (bicyclic) bond motifs is 3. The number of hydrogen-bond donors (Lipinski definition) is 5. The molecule has 0 saturated heterocycles. The molecule has 0 bridgehead atoms. The van der Waals surface area contributed by atoms with Gasteiger partial charge in [-0.15, -0.1) is 4.91 Å². The first kappa shape index (κ1) is 32.1. The van der Waals surface area contributed by atoms with Crippen LogP contribution in [0.2, 0.25) is 0 Å². The van der Waals surface area contributed by atoms with Gasteiger partial charge in [-0.3, -0.25) is 24.6 Å². The molecule has 0 aromatic heterocycles. The van der Waals surface area contributed by atoms with E-state index < -0.39 is 69.8 Å². The molecule has 0 aliphatic heterocycles. The minimum atomic E-state index is -2.79. The molecule has 0 spiro atoms. The van der Waals surface area contributed by atoms with Gasteiger partial charge in [0.05, 0.1) is 24.4 Å². The molecule has 2 amide bonds. The van der Waals surface area contributed by atoms with Crippen LogP contribution in [0.25, 0.3) is 5.76 Å². The van der Waals surface area contributed by atoms with E-state index in [1.807, 2.05) is 0 Å². The molecule has 3 aliphatic rings. The number of methoxy groups -OCH3 is 1. The van der Waals surface area contributed by atoms with E-state index in [4.69, 9.17) is 15.2 Å². The molecule has 3 aliphatic carbocycles. The zero-order valence-corrected chi connectivity index (χ0v) is 25.7. The molecule has 46 heavy (non-hydrogen) atoms. The fraction of sp³-hybridized carbons (Fsp3) is 0.355. The van der Waals surface area contributed by atoms with E-state index in [0.29, 0.717) is 17.0 Å². The van der Waals surface area contributed by atoms with E-state index >= 15 is 0 Å². The van der Waals surface area contributed by atoms with Crippen molar-refractivity contribution in [2.75, 3.05) is 45.5 Å². The summed E-state index contributed by atoms with van der Waals surface area (Å²) in [5.74, 6) is -6.53. The molecule has 242 valence electrons. The van der Waals surface area contributed by atoms with E-state index in [1.165, 1.54) is 44.3 Å². The average Bonchev–Trinajstić information content (AvgIpc) is 2.98. The maximum absolute atomic E-state index is 14.2. The van der Waals surface area contributed by atoms with Crippen LogP contribution in [0.4, 0.5) is 21.9 Å². The Morgan fingerprint density at radius 1 is 1.09 bits per heavy atom. The first-order chi connectivity index (χ1) is 21.7. The van der Waals surface area contributed by atoms with Crippen molar-refractivity contribution in [3.63, 3.8) is 0 Å². The van der Waals surface area contributed by atoms with Crippen molar-refractivity contribution in [1.29, 1.82) is 0 Å². The summed E-state index contributed by atoms with van der Waals surface area (Å²) in [6.45, 7) is 0. The van der Waals surface area contributed by atoms with Gasteiger partial charge in [0.15, 0.2) is 11.4 Å². The van der Waals surface area contributed by atoms with E-state index in [-0.39, 0.29) is 35.4 Å². The van der Waals surface area contributed by atoms with Gasteiger partial charge in [-0.05, 0) is 73.9 Å². The number of nitrogens with two attached hydrogens (primary N) is 1. The number of anilines is 2. The van der Waals surface area contributed by atoms with Crippen LogP contribution >= 0.6 is 0 Å². The maximum atomic E-state index is 14.2. The summed E-state index contributed by atoms with van der Waals surface area (Å²) in [4.78, 5) is 67.9. The highest BCUT2D eigenvalue weighted by Gasteiger charge is 2.64. The lowest BCUT2D eigenvalue weighted by Gasteiger charge is -2.50. The number of nitrogens with zero attached hydrogens (tertiary/aromatic N) is 3. The molecule has 15 nitrogen and oxygen atoms in total. The van der Waals surface area contributed by atoms with Gasteiger partial charge in [0.2, 0.25) is 5.78 Å². The Morgan fingerprint density at radius 3 is 2.26 bits per heavy atom. The molecular formula is C31H33N5O10. The highest BCUT2D eigenvalue weighted by atomic mass is 16.6. The second-order valence-electron chi connectivity index (χ2n) is 11.8. The summed E-state index contributed by atoms with van der Waals surface area (Å²) < 4.78 is 10.4. The molecule has 0 radical (unpaired) electrons. The van der Waals surface area contributed by atoms with Gasteiger partial charge < -0.3 is 35.4 Å². The third kappa shape index (κ3) is 4.84. The molecule has 2 aromatic rings. The van der Waals surface area contributed by atoms with E-state index in [0.717, 1.165) is 0 Å². The minimum Gasteiger partial charge on any atom is -0.508 e. The molecule has 4 atom stereocenters. The minimum absolute atomic E-state index is 0.0567. The van der Waals surface area contributed by atoms with Gasteiger partial charge in [0, 0.05) is 31.3 Å². The van der Waals surface area contributed by atoms with Crippen molar-refractivity contribution in [2.24, 2.45) is 22.7 Å². The fourth-order valence-electron chi connectivity index (χ4n) is 6.77. The summed E-state index contributed by atoms with van der Waals surface area (Å²) in [5, 5.41) is 40.1. The summed E-state index contributed by atoms with van der Waals surface area (Å²) in [7, 11) is 7.91. The Bertz CT molecular complexity index is 1750. The van der Waals surface area contributed by atoms with Crippen LogP contribution in [0, 0.1) is 16.7 Å². The summed E-state index contributed by atoms with van der Waals surface area (Å²) in [5.41, 5.74) is 1.50. The predicted molar refractivity (Wildman–Crippen MR) is 165 cm³/mol. The van der Waals surface area contributed by atoms with Gasteiger partial charge >= 0.3 is 6.09 Å². The van der Waals surface area contributed by atoms with E-state index in [1.54, 1.807) is 31.1 Å². The Labute approximate surface area is 262 Å². The molecule has 6 N–H and O–H groups in total. The lowest BCUT2D eigenvalue weighted by Crippen LogP contribution is -2.65. The molecule has 1 saturated carbocycles. The first-order valence-electron chi connectivity index (χ1n) is 14.1. The number of primary amides is 1. The predicted octanol–water partition coefficient (Wildman–Crippen LogP) is 2.34. The zero-order chi connectivity index (χ0) is 33.8. The number of carbonyl (C=O) groups excluding carboxylic acids is 4. The van der Waals surface area contributed by atoms with Gasteiger partial charge in [-0.1, -0.05) is 0 Å². The van der Waals surface area contributed by atoms with Crippen molar-refractivity contribution in [3.8, 4) is 11.5 Å². The summed E-state index contributed by atoms with van der Waals surface area (Å²) >= 11 is 0. The quantitative estimate of drug-likeness (QED) is 0.219. The van der Waals surface area contributed by atoms with Gasteiger partial charge in [-0.25, -0.2) is 4.79 Å². The fourth-order valence-corrected chi connectivity index (χ4v) is 6.77. The number of amides is 2. The van der Waals surface area contributed by atoms with Crippen LogP contribution in [0.1, 0.15) is 17.5 Å². The van der Waals surface area contributed by atoms with Crippen molar-refractivity contribution in [1.82, 2.24) is 4.90 Å². The average molecular weight is 636 g/mol. The second-order valence-corrected chi connectivity index (χ2v) is 11.8. The topological polar surface area (TPSA) is 221 Å². The lowest BCUT2D eigenvalue weighted by atomic mass is 9.57.